The summed E-state index contributed by atoms with van der Waals surface area (Å²) in [6.07, 6.45) is -0.106. The molecule has 0 spiro atoms. The van der Waals surface area contributed by atoms with Crippen LogP contribution in [0.15, 0.2) is 47.0 Å². The number of rotatable bonds is 7. The molecule has 7 heteroatoms. The minimum Gasteiger partial charge on any atom is -0.481 e. The Bertz CT molecular complexity index is 971. The van der Waals surface area contributed by atoms with Crippen molar-refractivity contribution >= 4 is 17.5 Å². The molecule has 1 atom stereocenters. The molecule has 0 aliphatic heterocycles. The van der Waals surface area contributed by atoms with Crippen molar-refractivity contribution in [2.24, 2.45) is 0 Å². The molecule has 0 bridgehead atoms. The summed E-state index contributed by atoms with van der Waals surface area (Å²) < 4.78 is 11.0. The van der Waals surface area contributed by atoms with Crippen molar-refractivity contribution in [2.75, 3.05) is 0 Å². The number of benzene rings is 2. The summed E-state index contributed by atoms with van der Waals surface area (Å²) in [5.74, 6) is 1.18. The van der Waals surface area contributed by atoms with Crippen LogP contribution in [-0.2, 0) is 11.3 Å². The van der Waals surface area contributed by atoms with E-state index < -0.39 is 6.10 Å². The van der Waals surface area contributed by atoms with Crippen LogP contribution < -0.4 is 10.1 Å². The maximum atomic E-state index is 12.5. The highest BCUT2D eigenvalue weighted by Crippen LogP contribution is 2.22. The van der Waals surface area contributed by atoms with Crippen LogP contribution >= 0.6 is 11.6 Å². The molecule has 1 unspecified atom stereocenters. The molecule has 28 heavy (non-hydrogen) atoms. The topological polar surface area (TPSA) is 77.2 Å². The van der Waals surface area contributed by atoms with Crippen molar-refractivity contribution < 1.29 is 14.1 Å². The average Bonchev–Trinajstić information content (AvgIpc) is 3.16. The zero-order valence-electron chi connectivity index (χ0n) is 16.0. The summed E-state index contributed by atoms with van der Waals surface area (Å²) in [5, 5.41) is 7.42. The van der Waals surface area contributed by atoms with Gasteiger partial charge in [-0.2, -0.15) is 4.98 Å². The van der Waals surface area contributed by atoms with Crippen molar-refractivity contribution in [3.8, 4) is 17.1 Å². The third-order valence-corrected chi connectivity index (χ3v) is 4.65. The normalized spacial score (nSPS) is 11.9. The van der Waals surface area contributed by atoms with E-state index in [2.05, 4.69) is 15.5 Å². The lowest BCUT2D eigenvalue weighted by molar-refractivity contribution is -0.128. The number of amides is 1. The summed E-state index contributed by atoms with van der Waals surface area (Å²) >= 11 is 6.03. The number of nitrogens with one attached hydrogen (secondary N) is 1. The first-order valence-electron chi connectivity index (χ1n) is 9.06. The summed E-state index contributed by atoms with van der Waals surface area (Å²) in [6.45, 7) is 5.90. The number of aromatic nitrogens is 2. The number of hydrogen-bond acceptors (Lipinski definition) is 5. The van der Waals surface area contributed by atoms with Gasteiger partial charge in [0.1, 0.15) is 5.75 Å². The molecule has 1 aromatic heterocycles. The van der Waals surface area contributed by atoms with Crippen LogP contribution in [0.2, 0.25) is 5.02 Å². The number of hydrogen-bond donors (Lipinski definition) is 1. The van der Waals surface area contributed by atoms with Crippen molar-refractivity contribution in [1.29, 1.82) is 0 Å². The first-order chi connectivity index (χ1) is 13.5. The number of ether oxygens (including phenoxy) is 1. The maximum absolute atomic E-state index is 12.5. The van der Waals surface area contributed by atoms with Gasteiger partial charge < -0.3 is 14.6 Å². The third kappa shape index (κ3) is 4.89. The predicted molar refractivity (Wildman–Crippen MR) is 107 cm³/mol. The monoisotopic (exact) mass is 399 g/mol. The lowest BCUT2D eigenvalue weighted by Gasteiger charge is -2.17. The second kappa shape index (κ2) is 8.89. The van der Waals surface area contributed by atoms with Crippen LogP contribution in [0, 0.1) is 13.8 Å². The first kappa shape index (κ1) is 19.9. The van der Waals surface area contributed by atoms with Gasteiger partial charge in [0.2, 0.25) is 11.7 Å². The van der Waals surface area contributed by atoms with E-state index in [0.717, 1.165) is 16.7 Å². The maximum Gasteiger partial charge on any atom is 0.261 e. The molecule has 1 heterocycles. The summed E-state index contributed by atoms with van der Waals surface area (Å²) in [4.78, 5) is 16.8. The van der Waals surface area contributed by atoms with Crippen LogP contribution in [0.5, 0.6) is 5.75 Å². The highest BCUT2D eigenvalue weighted by atomic mass is 35.5. The molecule has 2 aromatic carbocycles. The van der Waals surface area contributed by atoms with E-state index in [4.69, 9.17) is 20.9 Å². The Kier molecular flexibility index (Phi) is 6.31. The van der Waals surface area contributed by atoms with Crippen molar-refractivity contribution in [3.63, 3.8) is 0 Å². The molecule has 0 saturated heterocycles. The van der Waals surface area contributed by atoms with E-state index in [1.54, 1.807) is 12.1 Å². The van der Waals surface area contributed by atoms with Crippen LogP contribution in [-0.4, -0.2) is 22.2 Å². The van der Waals surface area contributed by atoms with Crippen molar-refractivity contribution in [3.05, 3.63) is 64.5 Å². The zero-order valence-corrected chi connectivity index (χ0v) is 16.8. The van der Waals surface area contributed by atoms with Gasteiger partial charge in [0.05, 0.1) is 6.54 Å². The Morgan fingerprint density at radius 3 is 2.79 bits per heavy atom. The minimum absolute atomic E-state index is 0.136. The molecule has 0 aliphatic carbocycles. The van der Waals surface area contributed by atoms with Gasteiger partial charge in [-0.3, -0.25) is 4.79 Å². The van der Waals surface area contributed by atoms with E-state index in [1.807, 2.05) is 51.1 Å². The van der Waals surface area contributed by atoms with Gasteiger partial charge in [0.25, 0.3) is 5.91 Å². The van der Waals surface area contributed by atoms with Crippen LogP contribution in [0.1, 0.15) is 30.4 Å². The van der Waals surface area contributed by atoms with Gasteiger partial charge in [-0.05, 0) is 50.1 Å². The summed E-state index contributed by atoms with van der Waals surface area (Å²) in [6, 6.07) is 13.1. The molecule has 0 aliphatic rings. The molecule has 0 saturated carbocycles. The Balaban J connectivity index is 1.60. The molecule has 3 aromatic rings. The molecule has 3 rings (SSSR count). The van der Waals surface area contributed by atoms with Gasteiger partial charge >= 0.3 is 0 Å². The predicted octanol–water partition coefficient (Wildman–Crippen LogP) is 4.48. The van der Waals surface area contributed by atoms with E-state index in [1.165, 1.54) is 0 Å². The fourth-order valence-corrected chi connectivity index (χ4v) is 2.80. The first-order valence-corrected chi connectivity index (χ1v) is 9.44. The van der Waals surface area contributed by atoms with Crippen molar-refractivity contribution in [2.45, 2.75) is 39.8 Å². The van der Waals surface area contributed by atoms with Gasteiger partial charge in [0.15, 0.2) is 6.10 Å². The Morgan fingerprint density at radius 2 is 2.07 bits per heavy atom. The Morgan fingerprint density at radius 1 is 1.25 bits per heavy atom. The van der Waals surface area contributed by atoms with E-state index in [-0.39, 0.29) is 12.5 Å². The standard InChI is InChI=1S/C21H22ClN3O3/c1-4-18(27-16-8-9-17(22)14(3)11-16)21(26)23-12-19-24-20(25-28-19)15-7-5-6-13(2)10-15/h5-11,18H,4,12H2,1-3H3,(H,23,26). The summed E-state index contributed by atoms with van der Waals surface area (Å²) in [7, 11) is 0. The zero-order chi connectivity index (χ0) is 20.1. The average molecular weight is 400 g/mol. The minimum atomic E-state index is -0.625. The molecule has 146 valence electrons. The van der Waals surface area contributed by atoms with E-state index in [9.17, 15) is 4.79 Å². The van der Waals surface area contributed by atoms with E-state index in [0.29, 0.717) is 28.9 Å². The van der Waals surface area contributed by atoms with Crippen LogP contribution in [0.4, 0.5) is 0 Å². The lowest BCUT2D eigenvalue weighted by atomic mass is 10.1. The second-order valence-electron chi connectivity index (χ2n) is 6.52. The fourth-order valence-electron chi connectivity index (χ4n) is 2.68. The molecule has 6 nitrogen and oxygen atoms in total. The fraction of sp³-hybridized carbons (Fsp3) is 0.286. The molecule has 1 amide bonds. The number of carbonyl (C=O) groups excluding carboxylic acids is 1. The molecule has 1 N–H and O–H groups in total. The van der Waals surface area contributed by atoms with Gasteiger partial charge in [-0.25, -0.2) is 0 Å². The van der Waals surface area contributed by atoms with Gasteiger partial charge in [0, 0.05) is 10.6 Å². The van der Waals surface area contributed by atoms with Gasteiger partial charge in [-0.15, -0.1) is 0 Å². The molecular formula is C21H22ClN3O3. The van der Waals surface area contributed by atoms with Crippen LogP contribution in [0.25, 0.3) is 11.4 Å². The van der Waals surface area contributed by atoms with Gasteiger partial charge in [-0.1, -0.05) is 47.4 Å². The number of halogens is 1. The largest absolute Gasteiger partial charge is 0.481 e. The molecular weight excluding hydrogens is 378 g/mol. The number of aryl methyl sites for hydroxylation is 2. The quantitative estimate of drug-likeness (QED) is 0.633. The summed E-state index contributed by atoms with van der Waals surface area (Å²) in [5.41, 5.74) is 2.87. The lowest BCUT2D eigenvalue weighted by Crippen LogP contribution is -2.37. The SMILES string of the molecule is CCC(Oc1ccc(Cl)c(C)c1)C(=O)NCc1nc(-c2cccc(C)c2)no1. The number of carbonyl (C=O) groups is 1. The highest BCUT2D eigenvalue weighted by molar-refractivity contribution is 6.31. The highest BCUT2D eigenvalue weighted by Gasteiger charge is 2.19. The third-order valence-electron chi connectivity index (χ3n) is 4.23. The van der Waals surface area contributed by atoms with Crippen LogP contribution in [0.3, 0.4) is 0 Å². The van der Waals surface area contributed by atoms with Crippen molar-refractivity contribution in [1.82, 2.24) is 15.5 Å². The number of nitrogens with zero attached hydrogens (tertiary/aromatic N) is 2. The smallest absolute Gasteiger partial charge is 0.261 e. The second-order valence-corrected chi connectivity index (χ2v) is 6.93. The Labute approximate surface area is 168 Å². The van der Waals surface area contributed by atoms with E-state index >= 15 is 0 Å². The molecule has 0 fully saturated rings. The molecule has 0 radical (unpaired) electrons. The Hall–Kier alpha value is -2.86.